The third kappa shape index (κ3) is 5.69. The normalized spacial score (nSPS) is 10.8. The molecule has 0 radical (unpaired) electrons. The van der Waals surface area contributed by atoms with Crippen LogP contribution in [0.1, 0.15) is 18.4 Å². The summed E-state index contributed by atoms with van der Waals surface area (Å²) in [7, 11) is 0. The van der Waals surface area contributed by atoms with Gasteiger partial charge in [0.05, 0.1) is 0 Å². The number of carboxylic acids is 2. The molecule has 0 aliphatic carbocycles. The van der Waals surface area contributed by atoms with Crippen molar-refractivity contribution in [3.63, 3.8) is 0 Å². The second-order valence-corrected chi connectivity index (χ2v) is 3.91. The zero-order chi connectivity index (χ0) is 15.0. The minimum atomic E-state index is -1.29. The van der Waals surface area contributed by atoms with Crippen molar-refractivity contribution in [2.75, 3.05) is 0 Å². The minimum absolute atomic E-state index is 0.191. The molecule has 104 valence electrons. The summed E-state index contributed by atoms with van der Waals surface area (Å²) in [4.78, 5) is 32.7. The second kappa shape index (κ2) is 7.59. The van der Waals surface area contributed by atoms with Gasteiger partial charge in [0, 0.05) is 17.9 Å². The van der Waals surface area contributed by atoms with Gasteiger partial charge in [-0.3, -0.25) is 9.59 Å². The first-order chi connectivity index (χ1) is 9.49. The Morgan fingerprint density at radius 3 is 2.35 bits per heavy atom. The number of carboxylic acid groups (broad SMARTS) is 2. The van der Waals surface area contributed by atoms with E-state index in [1.165, 1.54) is 0 Å². The van der Waals surface area contributed by atoms with Crippen LogP contribution in [0.2, 0.25) is 0 Å². The van der Waals surface area contributed by atoms with Crippen molar-refractivity contribution in [2.24, 2.45) is 0 Å². The Hall–Kier alpha value is -2.81. The van der Waals surface area contributed by atoms with Crippen LogP contribution in [0.15, 0.2) is 30.3 Å². The predicted octanol–water partition coefficient (Wildman–Crippen LogP) is 0.472. The van der Waals surface area contributed by atoms with Gasteiger partial charge >= 0.3 is 11.9 Å². The zero-order valence-electron chi connectivity index (χ0n) is 10.5. The molecule has 6 heteroatoms. The van der Waals surface area contributed by atoms with Crippen molar-refractivity contribution in [3.05, 3.63) is 35.9 Å². The summed E-state index contributed by atoms with van der Waals surface area (Å²) in [6, 6.07) is 7.48. The molecule has 0 spiro atoms. The molecule has 0 saturated heterocycles. The van der Waals surface area contributed by atoms with Gasteiger partial charge in [-0.05, 0) is 18.6 Å². The molecule has 0 fully saturated rings. The Labute approximate surface area is 115 Å². The lowest BCUT2D eigenvalue weighted by Crippen LogP contribution is -2.40. The maximum atomic E-state index is 11.5. The van der Waals surface area contributed by atoms with Gasteiger partial charge in [-0.1, -0.05) is 24.1 Å². The van der Waals surface area contributed by atoms with Gasteiger partial charge in [0.25, 0.3) is 5.91 Å². The summed E-state index contributed by atoms with van der Waals surface area (Å²) >= 11 is 0. The number of aliphatic carboxylic acids is 2. The van der Waals surface area contributed by atoms with Crippen molar-refractivity contribution in [3.8, 4) is 11.8 Å². The topological polar surface area (TPSA) is 104 Å². The first kappa shape index (κ1) is 15.2. The lowest BCUT2D eigenvalue weighted by molar-refractivity contribution is -0.142. The average molecular weight is 275 g/mol. The van der Waals surface area contributed by atoms with E-state index in [4.69, 9.17) is 10.2 Å². The molecular formula is C14H13NO5. The molecule has 1 unspecified atom stereocenters. The van der Waals surface area contributed by atoms with Crippen LogP contribution in [0.5, 0.6) is 0 Å². The van der Waals surface area contributed by atoms with Gasteiger partial charge in [0.15, 0.2) is 0 Å². The molecule has 0 aliphatic heterocycles. The lowest BCUT2D eigenvalue weighted by atomic mass is 10.1. The molecule has 1 aromatic rings. The summed E-state index contributed by atoms with van der Waals surface area (Å²) in [5.74, 6) is 1.67. The number of rotatable bonds is 5. The van der Waals surface area contributed by atoms with Crippen molar-refractivity contribution in [1.29, 1.82) is 0 Å². The highest BCUT2D eigenvalue weighted by Gasteiger charge is 2.19. The Morgan fingerprint density at radius 2 is 1.80 bits per heavy atom. The maximum Gasteiger partial charge on any atom is 0.326 e. The molecule has 1 atom stereocenters. The second-order valence-electron chi connectivity index (χ2n) is 3.91. The van der Waals surface area contributed by atoms with E-state index in [9.17, 15) is 14.4 Å². The van der Waals surface area contributed by atoms with E-state index < -0.39 is 23.9 Å². The molecule has 0 bridgehead atoms. The number of hydrogen-bond donors (Lipinski definition) is 3. The minimum Gasteiger partial charge on any atom is -0.481 e. The molecule has 0 aromatic heterocycles. The van der Waals surface area contributed by atoms with Gasteiger partial charge < -0.3 is 15.5 Å². The molecule has 0 saturated carbocycles. The molecule has 1 rings (SSSR count). The summed E-state index contributed by atoms with van der Waals surface area (Å²) in [6.07, 6.45) is -0.535. The number of benzene rings is 1. The zero-order valence-corrected chi connectivity index (χ0v) is 10.5. The first-order valence-electron chi connectivity index (χ1n) is 5.81. The molecule has 0 heterocycles. The largest absolute Gasteiger partial charge is 0.481 e. The van der Waals surface area contributed by atoms with Crippen LogP contribution in [0.3, 0.4) is 0 Å². The maximum absolute atomic E-state index is 11.5. The van der Waals surface area contributed by atoms with E-state index in [2.05, 4.69) is 17.2 Å². The van der Waals surface area contributed by atoms with Gasteiger partial charge in [-0.15, -0.1) is 0 Å². The van der Waals surface area contributed by atoms with Crippen molar-refractivity contribution in [1.82, 2.24) is 5.32 Å². The highest BCUT2D eigenvalue weighted by atomic mass is 16.4. The van der Waals surface area contributed by atoms with Crippen LogP contribution in [0.4, 0.5) is 0 Å². The standard InChI is InChI=1S/C14H13NO5/c16-12(8-6-10-4-2-1-3-5-10)15-11(14(19)20)7-9-13(17)18/h1-5,11H,7,9H2,(H,15,16)(H,17,18)(H,19,20). The fourth-order valence-electron chi connectivity index (χ4n) is 1.37. The quantitative estimate of drug-likeness (QED) is 0.678. The van der Waals surface area contributed by atoms with E-state index in [1.54, 1.807) is 30.3 Å². The van der Waals surface area contributed by atoms with Gasteiger partial charge in [0.2, 0.25) is 0 Å². The van der Waals surface area contributed by atoms with Crippen LogP contribution in [-0.2, 0) is 14.4 Å². The van der Waals surface area contributed by atoms with Gasteiger partial charge in [0.1, 0.15) is 6.04 Å². The molecule has 0 aliphatic rings. The van der Waals surface area contributed by atoms with Crippen LogP contribution in [0.25, 0.3) is 0 Å². The van der Waals surface area contributed by atoms with E-state index in [0.29, 0.717) is 5.56 Å². The van der Waals surface area contributed by atoms with Gasteiger partial charge in [-0.2, -0.15) is 0 Å². The number of hydrogen-bond acceptors (Lipinski definition) is 3. The summed E-state index contributed by atoms with van der Waals surface area (Å²) in [5.41, 5.74) is 0.625. The summed E-state index contributed by atoms with van der Waals surface area (Å²) in [6.45, 7) is 0. The molecular weight excluding hydrogens is 262 g/mol. The van der Waals surface area contributed by atoms with Crippen molar-refractivity contribution < 1.29 is 24.6 Å². The Kier molecular flexibility index (Phi) is 5.78. The van der Waals surface area contributed by atoms with Crippen LogP contribution in [0, 0.1) is 11.8 Å². The predicted molar refractivity (Wildman–Crippen MR) is 69.8 cm³/mol. The molecule has 1 aromatic carbocycles. The van der Waals surface area contributed by atoms with Crippen LogP contribution >= 0.6 is 0 Å². The SMILES string of the molecule is O=C(O)CCC(NC(=O)C#Cc1ccccc1)C(=O)O. The third-order valence-electron chi connectivity index (χ3n) is 2.34. The Bertz CT molecular complexity index is 556. The van der Waals surface area contributed by atoms with E-state index in [0.717, 1.165) is 0 Å². The van der Waals surface area contributed by atoms with E-state index >= 15 is 0 Å². The molecule has 3 N–H and O–H groups in total. The Morgan fingerprint density at radius 1 is 1.15 bits per heavy atom. The molecule has 1 amide bonds. The highest BCUT2D eigenvalue weighted by molar-refractivity contribution is 5.96. The molecule has 6 nitrogen and oxygen atoms in total. The van der Waals surface area contributed by atoms with Crippen LogP contribution in [-0.4, -0.2) is 34.1 Å². The fourth-order valence-corrected chi connectivity index (χ4v) is 1.37. The smallest absolute Gasteiger partial charge is 0.326 e. The fraction of sp³-hybridized carbons (Fsp3) is 0.214. The number of carbonyl (C=O) groups excluding carboxylic acids is 1. The van der Waals surface area contributed by atoms with Crippen LogP contribution < -0.4 is 5.32 Å². The number of carbonyl (C=O) groups is 3. The Balaban J connectivity index is 2.61. The highest BCUT2D eigenvalue weighted by Crippen LogP contribution is 1.98. The number of nitrogens with one attached hydrogen (secondary N) is 1. The summed E-state index contributed by atoms with van der Waals surface area (Å²) < 4.78 is 0. The van der Waals surface area contributed by atoms with Gasteiger partial charge in [-0.25, -0.2) is 4.79 Å². The lowest BCUT2D eigenvalue weighted by Gasteiger charge is -2.10. The first-order valence-corrected chi connectivity index (χ1v) is 5.81. The van der Waals surface area contributed by atoms with E-state index in [-0.39, 0.29) is 12.8 Å². The van der Waals surface area contributed by atoms with E-state index in [1.807, 2.05) is 0 Å². The van der Waals surface area contributed by atoms with Crippen molar-refractivity contribution >= 4 is 17.8 Å². The number of amides is 1. The molecule has 20 heavy (non-hydrogen) atoms. The average Bonchev–Trinajstić information content (AvgIpc) is 2.41. The monoisotopic (exact) mass is 275 g/mol. The summed E-state index contributed by atoms with van der Waals surface area (Å²) in [5, 5.41) is 19.5. The third-order valence-corrected chi connectivity index (χ3v) is 2.34. The van der Waals surface area contributed by atoms with Crippen molar-refractivity contribution in [2.45, 2.75) is 18.9 Å².